The van der Waals surface area contributed by atoms with E-state index in [-0.39, 0.29) is 24.3 Å². The summed E-state index contributed by atoms with van der Waals surface area (Å²) in [5.74, 6) is 1.40. The summed E-state index contributed by atoms with van der Waals surface area (Å²) in [6, 6.07) is 12.7. The molecule has 2 unspecified atom stereocenters. The normalized spacial score (nSPS) is 20.2. The Kier molecular flexibility index (Phi) is 7.20. The fourth-order valence-corrected chi connectivity index (χ4v) is 4.05. The number of nitrogens with one attached hydrogen (secondary N) is 1. The third kappa shape index (κ3) is 5.44. The van der Waals surface area contributed by atoms with E-state index < -0.39 is 0 Å². The first-order valence-electron chi connectivity index (χ1n) is 10.6. The predicted octanol–water partition coefficient (Wildman–Crippen LogP) is 2.20. The smallest absolute Gasteiger partial charge is 0.287 e. The van der Waals surface area contributed by atoms with E-state index in [1.54, 1.807) is 36.4 Å². The van der Waals surface area contributed by atoms with E-state index in [1.165, 1.54) is 0 Å². The minimum absolute atomic E-state index is 0.141. The number of carbonyl (C=O) groups excluding carboxylic acids is 1. The van der Waals surface area contributed by atoms with Gasteiger partial charge in [-0.3, -0.25) is 9.69 Å². The zero-order chi connectivity index (χ0) is 21.5. The van der Waals surface area contributed by atoms with E-state index in [2.05, 4.69) is 16.3 Å². The van der Waals surface area contributed by atoms with Crippen molar-refractivity contribution in [3.8, 4) is 11.8 Å². The highest BCUT2D eigenvalue weighted by Gasteiger charge is 2.32. The Balaban J connectivity index is 1.33. The summed E-state index contributed by atoms with van der Waals surface area (Å²) in [5, 5.41) is 12.2. The van der Waals surface area contributed by atoms with Crippen LogP contribution in [-0.2, 0) is 16.1 Å². The molecule has 0 saturated carbocycles. The highest BCUT2D eigenvalue weighted by Crippen LogP contribution is 2.22. The number of para-hydroxylation sites is 1. The molecular weight excluding hydrogens is 398 g/mol. The SMILES string of the molecule is N#Cc1ccccc1OCc1ccc(C(=O)NCC(C2CCOC2)N2CCOCC2)o1. The quantitative estimate of drug-likeness (QED) is 0.692. The standard InChI is InChI=1S/C23H27N3O5/c24-13-17-3-1-2-4-21(17)30-16-19-5-6-22(31-19)23(27)25-14-20(18-7-10-29-15-18)26-8-11-28-12-9-26/h1-6,18,20H,7-12,14-16H2,(H,25,27). The molecule has 3 heterocycles. The van der Waals surface area contributed by atoms with Crippen LogP contribution in [0.15, 0.2) is 40.8 Å². The third-order valence-corrected chi connectivity index (χ3v) is 5.76. The van der Waals surface area contributed by atoms with Crippen molar-refractivity contribution in [1.29, 1.82) is 5.26 Å². The topological polar surface area (TPSA) is 97.0 Å². The number of morpholine rings is 1. The molecule has 2 aromatic rings. The fourth-order valence-electron chi connectivity index (χ4n) is 4.05. The molecular formula is C23H27N3O5. The summed E-state index contributed by atoms with van der Waals surface area (Å²) >= 11 is 0. The van der Waals surface area contributed by atoms with Gasteiger partial charge in [-0.1, -0.05) is 12.1 Å². The maximum Gasteiger partial charge on any atom is 0.287 e. The Labute approximate surface area is 181 Å². The van der Waals surface area contributed by atoms with E-state index >= 15 is 0 Å². The number of nitrogens with zero attached hydrogens (tertiary/aromatic N) is 2. The molecule has 31 heavy (non-hydrogen) atoms. The molecule has 8 heteroatoms. The Morgan fingerprint density at radius 3 is 2.81 bits per heavy atom. The lowest BCUT2D eigenvalue weighted by atomic mass is 9.97. The van der Waals surface area contributed by atoms with E-state index in [0.29, 0.717) is 42.7 Å². The molecule has 1 amide bonds. The van der Waals surface area contributed by atoms with E-state index in [9.17, 15) is 4.79 Å². The van der Waals surface area contributed by atoms with Gasteiger partial charge in [-0.15, -0.1) is 0 Å². The van der Waals surface area contributed by atoms with Crippen molar-refractivity contribution in [2.45, 2.75) is 19.1 Å². The number of ether oxygens (including phenoxy) is 3. The Hall–Kier alpha value is -2.86. The lowest BCUT2D eigenvalue weighted by Crippen LogP contribution is -2.52. The molecule has 1 aromatic carbocycles. The van der Waals surface area contributed by atoms with Crippen LogP contribution < -0.4 is 10.1 Å². The van der Waals surface area contributed by atoms with E-state index in [0.717, 1.165) is 32.7 Å². The van der Waals surface area contributed by atoms with Crippen LogP contribution in [0.25, 0.3) is 0 Å². The monoisotopic (exact) mass is 425 g/mol. The summed E-state index contributed by atoms with van der Waals surface area (Å²) < 4.78 is 22.4. The van der Waals surface area contributed by atoms with Gasteiger partial charge in [0.1, 0.15) is 24.2 Å². The molecule has 2 saturated heterocycles. The summed E-state index contributed by atoms with van der Waals surface area (Å²) in [6.07, 6.45) is 1.00. The van der Waals surface area contributed by atoms with Crippen molar-refractivity contribution in [3.05, 3.63) is 53.5 Å². The molecule has 2 atom stereocenters. The maximum atomic E-state index is 12.7. The second-order valence-electron chi connectivity index (χ2n) is 7.71. The molecule has 0 bridgehead atoms. The molecule has 1 N–H and O–H groups in total. The molecule has 2 aliphatic rings. The fraction of sp³-hybridized carbons (Fsp3) is 0.478. The lowest BCUT2D eigenvalue weighted by Gasteiger charge is -2.37. The predicted molar refractivity (Wildman–Crippen MR) is 112 cm³/mol. The summed E-state index contributed by atoms with van der Waals surface area (Å²) in [6.45, 7) is 5.34. The second kappa shape index (κ2) is 10.4. The third-order valence-electron chi connectivity index (χ3n) is 5.76. The van der Waals surface area contributed by atoms with Crippen molar-refractivity contribution >= 4 is 5.91 Å². The van der Waals surface area contributed by atoms with Gasteiger partial charge < -0.3 is 23.9 Å². The molecule has 0 spiro atoms. The van der Waals surface area contributed by atoms with Gasteiger partial charge in [0.05, 0.1) is 25.4 Å². The zero-order valence-electron chi connectivity index (χ0n) is 17.4. The van der Waals surface area contributed by atoms with Crippen LogP contribution in [0.3, 0.4) is 0 Å². The van der Waals surface area contributed by atoms with Crippen LogP contribution in [0.1, 0.15) is 28.3 Å². The van der Waals surface area contributed by atoms with Crippen molar-refractivity contribution in [2.75, 3.05) is 46.1 Å². The molecule has 2 aliphatic heterocycles. The number of carbonyl (C=O) groups is 1. The first kappa shape index (κ1) is 21.4. The van der Waals surface area contributed by atoms with E-state index in [1.807, 2.05) is 0 Å². The molecule has 2 fully saturated rings. The van der Waals surface area contributed by atoms with Crippen LogP contribution in [0.5, 0.6) is 5.75 Å². The van der Waals surface area contributed by atoms with Gasteiger partial charge in [-0.2, -0.15) is 5.26 Å². The molecule has 8 nitrogen and oxygen atoms in total. The van der Waals surface area contributed by atoms with Crippen LogP contribution in [0, 0.1) is 17.2 Å². The number of rotatable bonds is 8. The average Bonchev–Trinajstić information content (AvgIpc) is 3.51. The molecule has 164 valence electrons. The van der Waals surface area contributed by atoms with Crippen molar-refractivity contribution in [2.24, 2.45) is 5.92 Å². The summed E-state index contributed by atoms with van der Waals surface area (Å²) in [4.78, 5) is 15.1. The second-order valence-corrected chi connectivity index (χ2v) is 7.71. The Morgan fingerprint density at radius 1 is 1.19 bits per heavy atom. The highest BCUT2D eigenvalue weighted by atomic mass is 16.5. The van der Waals surface area contributed by atoms with Gasteiger partial charge in [0.15, 0.2) is 5.76 Å². The van der Waals surface area contributed by atoms with Crippen LogP contribution in [0.4, 0.5) is 0 Å². The molecule has 4 rings (SSSR count). The number of benzene rings is 1. The number of hydrogen-bond donors (Lipinski definition) is 1. The first-order valence-corrected chi connectivity index (χ1v) is 10.6. The number of furan rings is 1. The van der Waals surface area contributed by atoms with Gasteiger partial charge in [0.2, 0.25) is 0 Å². The van der Waals surface area contributed by atoms with Gasteiger partial charge in [0, 0.05) is 38.2 Å². The molecule has 0 radical (unpaired) electrons. The Bertz CT molecular complexity index is 910. The zero-order valence-corrected chi connectivity index (χ0v) is 17.4. The summed E-state index contributed by atoms with van der Waals surface area (Å²) in [7, 11) is 0. The van der Waals surface area contributed by atoms with Crippen LogP contribution in [-0.4, -0.2) is 62.9 Å². The Morgan fingerprint density at radius 2 is 2.03 bits per heavy atom. The van der Waals surface area contributed by atoms with Crippen LogP contribution >= 0.6 is 0 Å². The van der Waals surface area contributed by atoms with Crippen molar-refractivity contribution < 1.29 is 23.4 Å². The number of nitriles is 1. The van der Waals surface area contributed by atoms with Crippen molar-refractivity contribution in [1.82, 2.24) is 10.2 Å². The van der Waals surface area contributed by atoms with Gasteiger partial charge >= 0.3 is 0 Å². The number of amides is 1. The van der Waals surface area contributed by atoms with E-state index in [4.69, 9.17) is 23.9 Å². The minimum atomic E-state index is -0.249. The van der Waals surface area contributed by atoms with Gasteiger partial charge in [0.25, 0.3) is 5.91 Å². The van der Waals surface area contributed by atoms with Crippen LogP contribution in [0.2, 0.25) is 0 Å². The lowest BCUT2D eigenvalue weighted by molar-refractivity contribution is 0.00159. The number of hydrogen-bond acceptors (Lipinski definition) is 7. The van der Waals surface area contributed by atoms with Gasteiger partial charge in [-0.25, -0.2) is 0 Å². The molecule has 0 aliphatic carbocycles. The first-order chi connectivity index (χ1) is 15.2. The maximum absolute atomic E-state index is 12.7. The van der Waals surface area contributed by atoms with Crippen molar-refractivity contribution in [3.63, 3.8) is 0 Å². The largest absolute Gasteiger partial charge is 0.484 e. The molecule has 1 aromatic heterocycles. The minimum Gasteiger partial charge on any atom is -0.484 e. The average molecular weight is 425 g/mol. The highest BCUT2D eigenvalue weighted by molar-refractivity contribution is 5.91. The summed E-state index contributed by atoms with van der Waals surface area (Å²) in [5.41, 5.74) is 0.456. The van der Waals surface area contributed by atoms with Gasteiger partial charge in [-0.05, 0) is 30.7 Å².